The van der Waals surface area contributed by atoms with Crippen molar-refractivity contribution >= 4 is 23.6 Å². The molecule has 0 radical (unpaired) electrons. The second-order valence-corrected chi connectivity index (χ2v) is 5.15. The minimum atomic E-state index is -1.42. The molecule has 118 valence electrons. The molecule has 0 fully saturated rings. The average molecular weight is 314 g/mol. The number of hydrogen-bond donors (Lipinski definition) is 0. The summed E-state index contributed by atoms with van der Waals surface area (Å²) in [7, 11) is 0. The predicted molar refractivity (Wildman–Crippen MR) is 79.8 cm³/mol. The van der Waals surface area contributed by atoms with Crippen LogP contribution in [0.1, 0.15) is 12.5 Å². The summed E-state index contributed by atoms with van der Waals surface area (Å²) in [5.41, 5.74) is 0.700. The lowest BCUT2D eigenvalue weighted by Gasteiger charge is -2.18. The van der Waals surface area contributed by atoms with E-state index >= 15 is 0 Å². The minimum absolute atomic E-state index is 0.194. The van der Waals surface area contributed by atoms with E-state index in [1.807, 2.05) is 0 Å². The summed E-state index contributed by atoms with van der Waals surface area (Å²) in [5.74, 6) is -2.00. The number of carbonyl (C=O) groups excluding carboxylic acids is 3. The lowest BCUT2D eigenvalue weighted by Crippen LogP contribution is -2.34. The highest BCUT2D eigenvalue weighted by Crippen LogP contribution is 2.31. The van der Waals surface area contributed by atoms with Gasteiger partial charge in [-0.1, -0.05) is 12.1 Å². The summed E-state index contributed by atoms with van der Waals surface area (Å²) in [5, 5.41) is 0. The number of benzene rings is 1. The van der Waals surface area contributed by atoms with Crippen LogP contribution in [0, 0.1) is 5.92 Å². The Hall–Kier alpha value is -2.89. The first-order chi connectivity index (χ1) is 11.0. The maximum absolute atomic E-state index is 12.1. The molecule has 1 aromatic carbocycles. The monoisotopic (exact) mass is 314 g/mol. The number of cyclic esters (lactones) is 1. The molecule has 0 saturated heterocycles. The fraction of sp³-hybridized carbons (Fsp3) is 0.235. The second-order valence-electron chi connectivity index (χ2n) is 5.15. The molecule has 0 spiro atoms. The number of ether oxygens (including phenoxy) is 3. The summed E-state index contributed by atoms with van der Waals surface area (Å²) in [4.78, 5) is 35.6. The normalized spacial score (nSPS) is 20.2. The van der Waals surface area contributed by atoms with Gasteiger partial charge in [0.25, 0.3) is 0 Å². The molecular weight excluding hydrogens is 300 g/mol. The third kappa shape index (κ3) is 3.15. The van der Waals surface area contributed by atoms with Crippen LogP contribution < -0.4 is 9.47 Å². The second kappa shape index (κ2) is 6.08. The first kappa shape index (κ1) is 15.0. The van der Waals surface area contributed by atoms with Crippen LogP contribution in [0.5, 0.6) is 11.5 Å². The van der Waals surface area contributed by atoms with Crippen molar-refractivity contribution in [3.8, 4) is 11.5 Å². The molecule has 1 atom stereocenters. The molecule has 0 aliphatic carbocycles. The quantitative estimate of drug-likeness (QED) is 0.480. The van der Waals surface area contributed by atoms with E-state index in [9.17, 15) is 14.4 Å². The van der Waals surface area contributed by atoms with Gasteiger partial charge in [0.05, 0.1) is 0 Å². The number of fused-ring (bicyclic) bond motifs is 1. The molecule has 1 aromatic rings. The largest absolute Gasteiger partial charge is 0.486 e. The van der Waals surface area contributed by atoms with E-state index in [2.05, 4.69) is 0 Å². The average Bonchev–Trinajstić information content (AvgIpc) is 2.51. The van der Waals surface area contributed by atoms with E-state index in [1.165, 1.54) is 19.1 Å². The van der Waals surface area contributed by atoms with Crippen LogP contribution in [0.2, 0.25) is 0 Å². The summed E-state index contributed by atoms with van der Waals surface area (Å²) >= 11 is 0. The van der Waals surface area contributed by atoms with Crippen molar-refractivity contribution in [1.29, 1.82) is 0 Å². The van der Waals surface area contributed by atoms with Crippen LogP contribution in [-0.2, 0) is 19.1 Å². The summed E-state index contributed by atoms with van der Waals surface area (Å²) in [6.07, 6.45) is 3.87. The highest BCUT2D eigenvalue weighted by molar-refractivity contribution is 6.25. The number of allylic oxidation sites excluding steroid dienone is 3. The van der Waals surface area contributed by atoms with Crippen molar-refractivity contribution < 1.29 is 28.6 Å². The lowest BCUT2D eigenvalue weighted by atomic mass is 9.96. The van der Waals surface area contributed by atoms with Gasteiger partial charge in [0.15, 0.2) is 29.0 Å². The Morgan fingerprint density at radius 2 is 1.91 bits per heavy atom. The Balaban J connectivity index is 1.76. The smallest absolute Gasteiger partial charge is 0.329 e. The number of carbonyl (C=O) groups is 3. The van der Waals surface area contributed by atoms with Crippen LogP contribution in [-0.4, -0.2) is 30.7 Å². The Morgan fingerprint density at radius 3 is 2.65 bits per heavy atom. The molecule has 0 bridgehead atoms. The van der Waals surface area contributed by atoms with Crippen molar-refractivity contribution in [1.82, 2.24) is 0 Å². The first-order valence-electron chi connectivity index (χ1n) is 7.10. The van der Waals surface area contributed by atoms with Gasteiger partial charge in [-0.15, -0.1) is 0 Å². The van der Waals surface area contributed by atoms with E-state index in [4.69, 9.17) is 14.2 Å². The summed E-state index contributed by atoms with van der Waals surface area (Å²) < 4.78 is 15.7. The maximum atomic E-state index is 12.1. The zero-order valence-corrected chi connectivity index (χ0v) is 12.4. The molecule has 3 rings (SSSR count). The number of hydrogen-bond acceptors (Lipinski definition) is 6. The Bertz CT molecular complexity index is 743. The van der Waals surface area contributed by atoms with Gasteiger partial charge < -0.3 is 14.2 Å². The Labute approximate surface area is 132 Å². The van der Waals surface area contributed by atoms with Crippen LogP contribution in [0.25, 0.3) is 6.08 Å². The molecule has 6 nitrogen and oxygen atoms in total. The highest BCUT2D eigenvalue weighted by atomic mass is 16.6. The van der Waals surface area contributed by atoms with Crippen LogP contribution in [0.15, 0.2) is 36.1 Å². The molecule has 23 heavy (non-hydrogen) atoms. The predicted octanol–water partition coefficient (Wildman–Crippen LogP) is 1.69. The highest BCUT2D eigenvalue weighted by Gasteiger charge is 2.36. The molecule has 0 amide bonds. The van der Waals surface area contributed by atoms with Crippen molar-refractivity contribution in [3.63, 3.8) is 0 Å². The Kier molecular flexibility index (Phi) is 3.97. The van der Waals surface area contributed by atoms with E-state index in [1.54, 1.807) is 18.2 Å². The summed E-state index contributed by atoms with van der Waals surface area (Å²) in [6.45, 7) is 2.45. The van der Waals surface area contributed by atoms with Gasteiger partial charge in [-0.05, 0) is 30.7 Å². The molecular formula is C17H14O6. The van der Waals surface area contributed by atoms with Crippen LogP contribution in [0.4, 0.5) is 0 Å². The van der Waals surface area contributed by atoms with Crippen molar-refractivity contribution in [2.45, 2.75) is 6.92 Å². The molecule has 6 heteroatoms. The van der Waals surface area contributed by atoms with E-state index in [-0.39, 0.29) is 5.76 Å². The molecule has 2 aliphatic heterocycles. The van der Waals surface area contributed by atoms with Gasteiger partial charge in [-0.3, -0.25) is 14.4 Å². The molecule has 2 aliphatic rings. The van der Waals surface area contributed by atoms with Gasteiger partial charge in [-0.25, -0.2) is 0 Å². The molecule has 0 aromatic heterocycles. The number of rotatable bonds is 3. The lowest BCUT2D eigenvalue weighted by molar-refractivity contribution is -0.151. The number of ketones is 2. The topological polar surface area (TPSA) is 78.9 Å². The van der Waals surface area contributed by atoms with Crippen molar-refractivity contribution in [3.05, 3.63) is 41.7 Å². The van der Waals surface area contributed by atoms with Gasteiger partial charge in [0, 0.05) is 6.08 Å². The fourth-order valence-corrected chi connectivity index (χ4v) is 2.34. The third-order valence-electron chi connectivity index (χ3n) is 3.42. The standard InChI is InChI=1S/C17H14O6/c1-10-8-13(19)16(17(20)23-10)12(18)4-2-11-3-5-14-15(9-11)22-7-6-21-14/h2-5,8-9,16H,6-7H2,1H3/b4-2+/t16-/m0/s1. The van der Waals surface area contributed by atoms with Gasteiger partial charge >= 0.3 is 5.97 Å². The Morgan fingerprint density at radius 1 is 1.17 bits per heavy atom. The molecule has 0 N–H and O–H groups in total. The zero-order chi connectivity index (χ0) is 16.4. The van der Waals surface area contributed by atoms with E-state index < -0.39 is 23.5 Å². The van der Waals surface area contributed by atoms with E-state index in [0.717, 1.165) is 6.08 Å². The minimum Gasteiger partial charge on any atom is -0.486 e. The summed E-state index contributed by atoms with van der Waals surface area (Å²) in [6, 6.07) is 5.22. The molecule has 0 saturated carbocycles. The first-order valence-corrected chi connectivity index (χ1v) is 7.10. The van der Waals surface area contributed by atoms with Gasteiger partial charge in [0.1, 0.15) is 19.0 Å². The van der Waals surface area contributed by atoms with E-state index in [0.29, 0.717) is 30.3 Å². The van der Waals surface area contributed by atoms with Crippen LogP contribution in [0.3, 0.4) is 0 Å². The molecule has 0 unspecified atom stereocenters. The molecule has 2 heterocycles. The van der Waals surface area contributed by atoms with Crippen LogP contribution >= 0.6 is 0 Å². The SMILES string of the molecule is CC1=CC(=O)[C@H](C(=O)/C=C/c2ccc3c(c2)OCCO3)C(=O)O1. The zero-order valence-electron chi connectivity index (χ0n) is 12.4. The van der Waals surface area contributed by atoms with Crippen molar-refractivity contribution in [2.24, 2.45) is 5.92 Å². The number of esters is 1. The van der Waals surface area contributed by atoms with Crippen molar-refractivity contribution in [2.75, 3.05) is 13.2 Å². The fourth-order valence-electron chi connectivity index (χ4n) is 2.34. The van der Waals surface area contributed by atoms with Gasteiger partial charge in [-0.2, -0.15) is 0 Å². The maximum Gasteiger partial charge on any atom is 0.329 e. The third-order valence-corrected chi connectivity index (χ3v) is 3.42. The van der Waals surface area contributed by atoms with Gasteiger partial charge in [0.2, 0.25) is 0 Å².